The van der Waals surface area contributed by atoms with E-state index in [9.17, 15) is 9.59 Å². The first kappa shape index (κ1) is 20.4. The van der Waals surface area contributed by atoms with E-state index in [1.165, 1.54) is 0 Å². The molecule has 1 aromatic heterocycles. The van der Waals surface area contributed by atoms with Crippen LogP contribution in [0, 0.1) is 20.8 Å². The molecule has 0 bridgehead atoms. The third kappa shape index (κ3) is 3.43. The number of hydrogen-bond donors (Lipinski definition) is 0. The monoisotopic (exact) mass is 404 g/mol. The molecule has 5 nitrogen and oxygen atoms in total. The van der Waals surface area contributed by atoms with Crippen LogP contribution < -0.4 is 5.43 Å². The van der Waals surface area contributed by atoms with Crippen LogP contribution >= 0.6 is 0 Å². The molecule has 0 saturated heterocycles. The molecule has 30 heavy (non-hydrogen) atoms. The smallest absolute Gasteiger partial charge is 0.290 e. The third-order valence-electron chi connectivity index (χ3n) is 5.98. The van der Waals surface area contributed by atoms with E-state index in [-0.39, 0.29) is 17.1 Å². The van der Waals surface area contributed by atoms with Gasteiger partial charge in [-0.3, -0.25) is 9.59 Å². The minimum absolute atomic E-state index is 0.108. The highest BCUT2D eigenvalue weighted by Gasteiger charge is 2.42. The van der Waals surface area contributed by atoms with E-state index in [2.05, 4.69) is 4.90 Å². The van der Waals surface area contributed by atoms with Crippen molar-refractivity contribution in [3.8, 4) is 0 Å². The molecule has 0 fully saturated rings. The number of hydrogen-bond acceptors (Lipinski definition) is 4. The summed E-state index contributed by atoms with van der Waals surface area (Å²) in [5.74, 6) is -0.0160. The second-order valence-electron chi connectivity index (χ2n) is 8.58. The van der Waals surface area contributed by atoms with Gasteiger partial charge in [-0.25, -0.2) is 0 Å². The molecule has 0 saturated carbocycles. The summed E-state index contributed by atoms with van der Waals surface area (Å²) >= 11 is 0. The van der Waals surface area contributed by atoms with E-state index in [1.807, 2.05) is 71.3 Å². The minimum Gasteiger partial charge on any atom is -0.450 e. The van der Waals surface area contributed by atoms with Gasteiger partial charge in [-0.1, -0.05) is 29.8 Å². The number of amides is 1. The fraction of sp³-hybridized carbons (Fsp3) is 0.360. The SMILES string of the molecule is Cc1ccc(C2c3c(oc4cc(C)c(C)cc4c3=O)C(=O)N2CCCN(C)C)cc1. The van der Waals surface area contributed by atoms with Crippen molar-refractivity contribution < 1.29 is 9.21 Å². The second-order valence-corrected chi connectivity index (χ2v) is 8.58. The fourth-order valence-corrected chi connectivity index (χ4v) is 4.16. The maximum Gasteiger partial charge on any atom is 0.290 e. The molecule has 4 rings (SSSR count). The normalized spacial score (nSPS) is 16.0. The Morgan fingerprint density at radius 1 is 1.00 bits per heavy atom. The van der Waals surface area contributed by atoms with E-state index in [1.54, 1.807) is 4.90 Å². The predicted molar refractivity (Wildman–Crippen MR) is 119 cm³/mol. The summed E-state index contributed by atoms with van der Waals surface area (Å²) in [6.45, 7) is 7.42. The summed E-state index contributed by atoms with van der Waals surface area (Å²) in [6, 6.07) is 11.4. The summed E-state index contributed by atoms with van der Waals surface area (Å²) in [5.41, 5.74) is 4.98. The van der Waals surface area contributed by atoms with Crippen LogP contribution in [-0.2, 0) is 0 Å². The molecule has 156 valence electrons. The van der Waals surface area contributed by atoms with Gasteiger partial charge in [0.05, 0.1) is 17.0 Å². The van der Waals surface area contributed by atoms with Crippen molar-refractivity contribution in [3.05, 3.63) is 80.2 Å². The molecule has 1 unspecified atom stereocenters. The van der Waals surface area contributed by atoms with Gasteiger partial charge >= 0.3 is 0 Å². The second kappa shape index (κ2) is 7.73. The van der Waals surface area contributed by atoms with Crippen molar-refractivity contribution in [2.24, 2.45) is 0 Å². The average Bonchev–Trinajstić information content (AvgIpc) is 2.97. The molecule has 1 aliphatic rings. The number of benzene rings is 2. The van der Waals surface area contributed by atoms with E-state index in [0.29, 0.717) is 23.1 Å². The average molecular weight is 405 g/mol. The van der Waals surface area contributed by atoms with Crippen molar-refractivity contribution in [2.75, 3.05) is 27.2 Å². The molecule has 5 heteroatoms. The first-order chi connectivity index (χ1) is 14.3. The van der Waals surface area contributed by atoms with Gasteiger partial charge < -0.3 is 14.2 Å². The number of aryl methyl sites for hydroxylation is 3. The highest BCUT2D eigenvalue weighted by Crippen LogP contribution is 2.38. The zero-order chi connectivity index (χ0) is 21.6. The van der Waals surface area contributed by atoms with Crippen LogP contribution in [0.2, 0.25) is 0 Å². The Bertz CT molecular complexity index is 1180. The molecule has 3 aromatic rings. The Balaban J connectivity index is 1.90. The molecule has 0 radical (unpaired) electrons. The van der Waals surface area contributed by atoms with Crippen LogP contribution in [0.4, 0.5) is 0 Å². The molecule has 1 atom stereocenters. The molecular formula is C25H28N2O3. The van der Waals surface area contributed by atoms with Gasteiger partial charge in [0, 0.05) is 6.54 Å². The number of carbonyl (C=O) groups excluding carboxylic acids is 1. The molecular weight excluding hydrogens is 376 g/mol. The lowest BCUT2D eigenvalue weighted by Crippen LogP contribution is -2.32. The van der Waals surface area contributed by atoms with Crippen LogP contribution in [0.1, 0.15) is 50.8 Å². The van der Waals surface area contributed by atoms with Crippen molar-refractivity contribution in [2.45, 2.75) is 33.2 Å². The Kier molecular flexibility index (Phi) is 5.24. The summed E-state index contributed by atoms with van der Waals surface area (Å²) in [6.07, 6.45) is 0.820. The van der Waals surface area contributed by atoms with Crippen LogP contribution in [0.3, 0.4) is 0 Å². The Hall–Kier alpha value is -2.92. The number of carbonyl (C=O) groups is 1. The minimum atomic E-state index is -0.419. The molecule has 0 aliphatic carbocycles. The first-order valence-corrected chi connectivity index (χ1v) is 10.4. The quantitative estimate of drug-likeness (QED) is 0.639. The van der Waals surface area contributed by atoms with Gasteiger partial charge in [0.25, 0.3) is 5.91 Å². The van der Waals surface area contributed by atoms with Crippen LogP contribution in [0.25, 0.3) is 11.0 Å². The Morgan fingerprint density at radius 2 is 1.67 bits per heavy atom. The zero-order valence-electron chi connectivity index (χ0n) is 18.3. The van der Waals surface area contributed by atoms with Gasteiger partial charge in [-0.15, -0.1) is 0 Å². The highest BCUT2D eigenvalue weighted by molar-refractivity contribution is 5.99. The summed E-state index contributed by atoms with van der Waals surface area (Å²) < 4.78 is 6.06. The van der Waals surface area contributed by atoms with Crippen molar-refractivity contribution in [1.29, 1.82) is 0 Å². The standard InChI is InChI=1S/C25H28N2O3/c1-15-7-9-18(10-8-15)22-21-23(28)19-13-16(2)17(3)14-20(19)30-24(21)25(29)27(22)12-6-11-26(4)5/h7-10,13-14,22H,6,11-12H2,1-5H3. The van der Waals surface area contributed by atoms with Gasteiger partial charge in [-0.2, -0.15) is 0 Å². The largest absolute Gasteiger partial charge is 0.450 e. The molecule has 1 aliphatic heterocycles. The highest BCUT2D eigenvalue weighted by atomic mass is 16.3. The number of fused-ring (bicyclic) bond motifs is 2. The fourth-order valence-electron chi connectivity index (χ4n) is 4.16. The molecule has 1 amide bonds. The van der Waals surface area contributed by atoms with Crippen molar-refractivity contribution >= 4 is 16.9 Å². The maximum atomic E-state index is 13.6. The lowest BCUT2D eigenvalue weighted by atomic mass is 9.97. The van der Waals surface area contributed by atoms with Crippen LogP contribution in [0.15, 0.2) is 45.6 Å². The van der Waals surface area contributed by atoms with E-state index in [4.69, 9.17) is 4.42 Å². The first-order valence-electron chi connectivity index (χ1n) is 10.4. The lowest BCUT2D eigenvalue weighted by molar-refractivity contribution is 0.0722. The predicted octanol–water partition coefficient (Wildman–Crippen LogP) is 4.22. The molecule has 0 N–H and O–H groups in total. The summed E-state index contributed by atoms with van der Waals surface area (Å²) in [5, 5.41) is 0.539. The van der Waals surface area contributed by atoms with Crippen molar-refractivity contribution in [1.82, 2.24) is 9.80 Å². The van der Waals surface area contributed by atoms with Gasteiger partial charge in [0.2, 0.25) is 5.76 Å². The Labute approximate surface area is 176 Å². The van der Waals surface area contributed by atoms with Gasteiger partial charge in [-0.05, 0) is 76.7 Å². The summed E-state index contributed by atoms with van der Waals surface area (Å²) in [4.78, 5) is 30.8. The van der Waals surface area contributed by atoms with Gasteiger partial charge in [0.15, 0.2) is 5.43 Å². The van der Waals surface area contributed by atoms with Crippen LogP contribution in [0.5, 0.6) is 0 Å². The topological polar surface area (TPSA) is 53.8 Å². The Morgan fingerprint density at radius 3 is 2.33 bits per heavy atom. The van der Waals surface area contributed by atoms with E-state index >= 15 is 0 Å². The third-order valence-corrected chi connectivity index (χ3v) is 5.98. The summed E-state index contributed by atoms with van der Waals surface area (Å²) in [7, 11) is 4.03. The molecule has 2 heterocycles. The van der Waals surface area contributed by atoms with Gasteiger partial charge in [0.1, 0.15) is 5.58 Å². The zero-order valence-corrected chi connectivity index (χ0v) is 18.3. The van der Waals surface area contributed by atoms with E-state index in [0.717, 1.165) is 35.2 Å². The maximum absolute atomic E-state index is 13.6. The van der Waals surface area contributed by atoms with E-state index < -0.39 is 6.04 Å². The lowest BCUT2D eigenvalue weighted by Gasteiger charge is -2.25. The van der Waals surface area contributed by atoms with Crippen LogP contribution in [-0.4, -0.2) is 42.9 Å². The number of rotatable bonds is 5. The molecule has 2 aromatic carbocycles. The molecule has 0 spiro atoms. The van der Waals surface area contributed by atoms with Crippen molar-refractivity contribution in [3.63, 3.8) is 0 Å². The number of nitrogens with zero attached hydrogens (tertiary/aromatic N) is 2.